The number of hydrogen-bond donors (Lipinski definition) is 3. The number of halogens is 1. The highest BCUT2D eigenvalue weighted by Gasteiger charge is 2.34. The molecule has 7 nitrogen and oxygen atoms in total. The molecule has 1 saturated heterocycles. The highest BCUT2D eigenvalue weighted by atomic mass is 32.2. The quantitative estimate of drug-likeness (QED) is 0.731. The molecule has 1 aromatic rings. The Balaban J connectivity index is 2.26. The summed E-state index contributed by atoms with van der Waals surface area (Å²) in [5.41, 5.74) is -1.26. The van der Waals surface area contributed by atoms with Crippen molar-refractivity contribution in [2.45, 2.75) is 37.1 Å². The molecule has 0 saturated carbocycles. The van der Waals surface area contributed by atoms with Crippen LogP contribution in [0.2, 0.25) is 0 Å². The van der Waals surface area contributed by atoms with Crippen molar-refractivity contribution in [3.63, 3.8) is 0 Å². The maximum Gasteiger partial charge on any atom is 0.336 e. The van der Waals surface area contributed by atoms with E-state index in [0.717, 1.165) is 12.1 Å². The Kier molecular flexibility index (Phi) is 4.45. The van der Waals surface area contributed by atoms with E-state index in [0.29, 0.717) is 12.8 Å². The van der Waals surface area contributed by atoms with E-state index in [1.807, 2.05) is 0 Å². The van der Waals surface area contributed by atoms with E-state index in [2.05, 4.69) is 10.0 Å². The first kappa shape index (κ1) is 17.4. The van der Waals surface area contributed by atoms with Crippen molar-refractivity contribution in [1.82, 2.24) is 10.0 Å². The normalized spacial score (nSPS) is 21.3. The first-order valence-corrected chi connectivity index (χ1v) is 8.36. The number of amides is 1. The number of carboxylic acid groups (broad SMARTS) is 1. The predicted octanol–water partition coefficient (Wildman–Crippen LogP) is 0.779. The lowest BCUT2D eigenvalue weighted by Gasteiger charge is -2.24. The Morgan fingerprint density at radius 2 is 2.13 bits per heavy atom. The van der Waals surface area contributed by atoms with Gasteiger partial charge in [0.15, 0.2) is 0 Å². The summed E-state index contributed by atoms with van der Waals surface area (Å²) < 4.78 is 40.6. The summed E-state index contributed by atoms with van der Waals surface area (Å²) in [5.74, 6) is -2.49. The summed E-state index contributed by atoms with van der Waals surface area (Å²) in [6.07, 6.45) is 0.775. The molecule has 23 heavy (non-hydrogen) atoms. The van der Waals surface area contributed by atoms with Gasteiger partial charge >= 0.3 is 5.97 Å². The third-order valence-corrected chi connectivity index (χ3v) is 5.24. The molecule has 1 heterocycles. The van der Waals surface area contributed by atoms with Crippen molar-refractivity contribution in [3.05, 3.63) is 29.1 Å². The van der Waals surface area contributed by atoms with Gasteiger partial charge in [0.1, 0.15) is 5.82 Å². The van der Waals surface area contributed by atoms with Gasteiger partial charge < -0.3 is 10.4 Å². The van der Waals surface area contributed by atoms with Gasteiger partial charge in [0.2, 0.25) is 15.9 Å². The van der Waals surface area contributed by atoms with Crippen LogP contribution in [0.25, 0.3) is 0 Å². The second-order valence-corrected chi connectivity index (χ2v) is 7.58. The van der Waals surface area contributed by atoms with Gasteiger partial charge in [-0.1, -0.05) is 0 Å². The van der Waals surface area contributed by atoms with E-state index in [-0.39, 0.29) is 18.0 Å². The number of aromatic carboxylic acids is 1. The zero-order valence-corrected chi connectivity index (χ0v) is 13.5. The minimum absolute atomic E-state index is 0.0705. The summed E-state index contributed by atoms with van der Waals surface area (Å²) in [6.45, 7) is 2.88. The molecule has 1 aromatic carbocycles. The third kappa shape index (κ3) is 3.67. The highest BCUT2D eigenvalue weighted by molar-refractivity contribution is 7.89. The Labute approximate surface area is 132 Å². The Bertz CT molecular complexity index is 778. The fourth-order valence-electron chi connectivity index (χ4n) is 2.35. The molecule has 2 rings (SSSR count). The molecule has 1 fully saturated rings. The van der Waals surface area contributed by atoms with Crippen LogP contribution in [0.1, 0.15) is 35.7 Å². The zero-order chi connectivity index (χ0) is 17.4. The fourth-order valence-corrected chi connectivity index (χ4v) is 3.56. The number of carbonyl (C=O) groups excluding carboxylic acids is 1. The van der Waals surface area contributed by atoms with E-state index >= 15 is 0 Å². The number of carboxylic acids is 1. The minimum atomic E-state index is -4.10. The smallest absolute Gasteiger partial charge is 0.336 e. The zero-order valence-electron chi connectivity index (χ0n) is 12.6. The van der Waals surface area contributed by atoms with E-state index in [9.17, 15) is 22.4 Å². The van der Waals surface area contributed by atoms with Crippen molar-refractivity contribution in [2.75, 3.05) is 6.54 Å². The summed E-state index contributed by atoms with van der Waals surface area (Å²) >= 11 is 0. The lowest BCUT2D eigenvalue weighted by molar-refractivity contribution is -0.119. The maximum atomic E-state index is 13.8. The van der Waals surface area contributed by atoms with Gasteiger partial charge in [-0.25, -0.2) is 22.3 Å². The molecular formula is C14H17FN2O5S. The first-order chi connectivity index (χ1) is 10.5. The molecule has 1 atom stereocenters. The second-order valence-electron chi connectivity index (χ2n) is 5.82. The predicted molar refractivity (Wildman–Crippen MR) is 79.1 cm³/mol. The highest BCUT2D eigenvalue weighted by Crippen LogP contribution is 2.22. The maximum absolute atomic E-state index is 13.8. The molecule has 9 heteroatoms. The van der Waals surface area contributed by atoms with Crippen LogP contribution in [0.4, 0.5) is 4.39 Å². The first-order valence-electron chi connectivity index (χ1n) is 6.88. The number of hydrogen-bond acceptors (Lipinski definition) is 4. The minimum Gasteiger partial charge on any atom is -0.478 e. The molecule has 0 radical (unpaired) electrons. The molecule has 0 aliphatic carbocycles. The van der Waals surface area contributed by atoms with Gasteiger partial charge in [-0.15, -0.1) is 0 Å². The molecule has 1 unspecified atom stereocenters. The molecule has 0 bridgehead atoms. The van der Waals surface area contributed by atoms with E-state index in [1.54, 1.807) is 6.92 Å². The largest absolute Gasteiger partial charge is 0.478 e. The van der Waals surface area contributed by atoms with Crippen LogP contribution in [0.5, 0.6) is 0 Å². The van der Waals surface area contributed by atoms with Crippen LogP contribution >= 0.6 is 0 Å². The molecule has 0 spiro atoms. The number of nitrogens with one attached hydrogen (secondary N) is 2. The Morgan fingerprint density at radius 3 is 2.65 bits per heavy atom. The van der Waals surface area contributed by atoms with Gasteiger partial charge in [0, 0.05) is 13.0 Å². The number of rotatable bonds is 5. The van der Waals surface area contributed by atoms with E-state index in [4.69, 9.17) is 5.11 Å². The van der Waals surface area contributed by atoms with Gasteiger partial charge in [0.25, 0.3) is 0 Å². The van der Waals surface area contributed by atoms with Gasteiger partial charge in [-0.3, -0.25) is 4.79 Å². The Hall–Kier alpha value is -2.00. The van der Waals surface area contributed by atoms with Gasteiger partial charge in [-0.05, 0) is 38.0 Å². The van der Waals surface area contributed by atoms with Crippen molar-refractivity contribution in [1.29, 1.82) is 0 Å². The van der Waals surface area contributed by atoms with Crippen molar-refractivity contribution in [2.24, 2.45) is 0 Å². The summed E-state index contributed by atoms with van der Waals surface area (Å²) in [7, 11) is -4.10. The average Bonchev–Trinajstić information content (AvgIpc) is 2.79. The molecule has 1 aliphatic heterocycles. The second kappa shape index (κ2) is 5.89. The van der Waals surface area contributed by atoms with Crippen LogP contribution in [-0.2, 0) is 14.8 Å². The molecule has 126 valence electrons. The standard InChI is InChI=1S/C14H17FN2O5S/c1-8-10(13(19)20)5-9(6-11(8)15)23(21,22)16-7-14(2)4-3-12(18)17-14/h5-6,16H,3-4,7H2,1-2H3,(H,17,18)(H,19,20). The summed E-state index contributed by atoms with van der Waals surface area (Å²) in [5, 5.41) is 11.7. The summed E-state index contributed by atoms with van der Waals surface area (Å²) in [4.78, 5) is 21.9. The van der Waals surface area contributed by atoms with Gasteiger partial charge in [0.05, 0.1) is 16.0 Å². The summed E-state index contributed by atoms with van der Waals surface area (Å²) in [6, 6.07) is 1.69. The van der Waals surface area contributed by atoms with E-state index < -0.39 is 37.8 Å². The van der Waals surface area contributed by atoms with Crippen molar-refractivity contribution < 1.29 is 27.5 Å². The SMILES string of the molecule is Cc1c(F)cc(S(=O)(=O)NCC2(C)CCC(=O)N2)cc1C(=O)O. The fraction of sp³-hybridized carbons (Fsp3) is 0.429. The lowest BCUT2D eigenvalue weighted by atomic mass is 10.0. The van der Waals surface area contributed by atoms with Crippen LogP contribution in [0.3, 0.4) is 0 Å². The molecule has 0 aromatic heterocycles. The topological polar surface area (TPSA) is 113 Å². The Morgan fingerprint density at radius 1 is 1.48 bits per heavy atom. The number of benzene rings is 1. The molecular weight excluding hydrogens is 327 g/mol. The van der Waals surface area contributed by atoms with Crippen molar-refractivity contribution >= 4 is 21.9 Å². The van der Waals surface area contributed by atoms with E-state index in [1.165, 1.54) is 6.92 Å². The van der Waals surface area contributed by atoms with Crippen molar-refractivity contribution in [3.8, 4) is 0 Å². The lowest BCUT2D eigenvalue weighted by Crippen LogP contribution is -2.48. The number of sulfonamides is 1. The molecule has 1 aliphatic rings. The van der Waals surface area contributed by atoms with Gasteiger partial charge in [-0.2, -0.15) is 0 Å². The monoisotopic (exact) mass is 344 g/mol. The van der Waals surface area contributed by atoms with Crippen LogP contribution in [-0.4, -0.2) is 37.5 Å². The van der Waals surface area contributed by atoms with Crippen LogP contribution in [0.15, 0.2) is 17.0 Å². The molecule has 1 amide bonds. The average molecular weight is 344 g/mol. The number of carbonyl (C=O) groups is 2. The molecule has 3 N–H and O–H groups in total. The third-order valence-electron chi connectivity index (χ3n) is 3.86. The van der Waals surface area contributed by atoms with Crippen LogP contribution in [0, 0.1) is 12.7 Å². The van der Waals surface area contributed by atoms with Crippen LogP contribution < -0.4 is 10.0 Å².